The highest BCUT2D eigenvalue weighted by Crippen LogP contribution is 2.27. The lowest BCUT2D eigenvalue weighted by molar-refractivity contribution is 0.425. The highest BCUT2D eigenvalue weighted by Gasteiger charge is 2.10. The topological polar surface area (TPSA) is 49.7 Å². The molecule has 0 aliphatic rings. The van der Waals surface area contributed by atoms with Gasteiger partial charge in [0.25, 0.3) is 0 Å². The first-order valence-electron chi connectivity index (χ1n) is 5.14. The second-order valence-corrected chi connectivity index (χ2v) is 4.52. The first-order valence-corrected chi connectivity index (χ1v) is 5.90. The van der Waals surface area contributed by atoms with Crippen LogP contribution >= 0.6 is 23.2 Å². The van der Waals surface area contributed by atoms with Crippen molar-refractivity contribution >= 4 is 35.8 Å². The highest BCUT2D eigenvalue weighted by molar-refractivity contribution is 6.58. The zero-order valence-corrected chi connectivity index (χ0v) is 10.7. The number of benzene rings is 2. The first-order chi connectivity index (χ1) is 8.54. The summed E-state index contributed by atoms with van der Waals surface area (Å²) in [5, 5.41) is 18.9. The summed E-state index contributed by atoms with van der Waals surface area (Å²) in [6, 6.07) is 11.3. The molecule has 0 aliphatic heterocycles. The quantitative estimate of drug-likeness (QED) is 0.851. The second kappa shape index (κ2) is 5.63. The molecule has 0 saturated carbocycles. The van der Waals surface area contributed by atoms with Crippen molar-refractivity contribution in [2.24, 2.45) is 0 Å². The van der Waals surface area contributed by atoms with Crippen molar-refractivity contribution in [1.29, 1.82) is 0 Å². The van der Waals surface area contributed by atoms with Crippen LogP contribution in [0.3, 0.4) is 0 Å². The van der Waals surface area contributed by atoms with Crippen molar-refractivity contribution in [3.8, 4) is 11.5 Å². The molecule has 0 spiro atoms. The van der Waals surface area contributed by atoms with Gasteiger partial charge >= 0.3 is 7.12 Å². The van der Waals surface area contributed by atoms with E-state index in [-0.39, 0.29) is 0 Å². The summed E-state index contributed by atoms with van der Waals surface area (Å²) in [7, 11) is -1.49. The Balaban J connectivity index is 2.18. The van der Waals surface area contributed by atoms with E-state index in [1.807, 2.05) is 0 Å². The van der Waals surface area contributed by atoms with E-state index in [0.29, 0.717) is 27.0 Å². The van der Waals surface area contributed by atoms with Gasteiger partial charge in [-0.25, -0.2) is 0 Å². The molecule has 2 aromatic carbocycles. The standard InChI is InChI=1S/C12H9BCl2O3/c14-9-5-10(15)7-12(6-9)18-11-3-1-8(2-4-11)13(16)17/h1-7,16-17H. The fourth-order valence-electron chi connectivity index (χ4n) is 1.43. The number of ether oxygens (including phenoxy) is 1. The Labute approximate surface area is 115 Å². The molecule has 0 saturated heterocycles. The molecule has 0 bridgehead atoms. The number of rotatable bonds is 3. The Morgan fingerprint density at radius 2 is 1.39 bits per heavy atom. The first kappa shape index (κ1) is 13.2. The van der Waals surface area contributed by atoms with Gasteiger partial charge in [0.05, 0.1) is 0 Å². The predicted molar refractivity (Wildman–Crippen MR) is 72.8 cm³/mol. The van der Waals surface area contributed by atoms with Crippen LogP contribution in [0.15, 0.2) is 42.5 Å². The van der Waals surface area contributed by atoms with E-state index in [2.05, 4.69) is 0 Å². The van der Waals surface area contributed by atoms with Gasteiger partial charge in [-0.1, -0.05) is 35.3 Å². The van der Waals surface area contributed by atoms with Crippen molar-refractivity contribution < 1.29 is 14.8 Å². The van der Waals surface area contributed by atoms with Gasteiger partial charge in [-0.2, -0.15) is 0 Å². The minimum absolute atomic E-state index is 0.395. The van der Waals surface area contributed by atoms with Gasteiger partial charge in [0.1, 0.15) is 11.5 Å². The van der Waals surface area contributed by atoms with Crippen molar-refractivity contribution in [1.82, 2.24) is 0 Å². The molecule has 0 amide bonds. The predicted octanol–water partition coefficient (Wildman–Crippen LogP) is 2.47. The average molecular weight is 283 g/mol. The highest BCUT2D eigenvalue weighted by atomic mass is 35.5. The third-order valence-corrected chi connectivity index (χ3v) is 2.69. The van der Waals surface area contributed by atoms with Crippen LogP contribution in [0.1, 0.15) is 0 Å². The molecule has 0 fully saturated rings. The summed E-state index contributed by atoms with van der Waals surface area (Å²) in [5.74, 6) is 1.07. The third kappa shape index (κ3) is 3.40. The molecule has 0 unspecified atom stereocenters. The monoisotopic (exact) mass is 282 g/mol. The Hall–Kier alpha value is -1.20. The lowest BCUT2D eigenvalue weighted by atomic mass is 9.80. The lowest BCUT2D eigenvalue weighted by Crippen LogP contribution is -2.29. The third-order valence-electron chi connectivity index (χ3n) is 2.25. The van der Waals surface area contributed by atoms with Gasteiger partial charge in [0, 0.05) is 10.0 Å². The van der Waals surface area contributed by atoms with Crippen LogP contribution in [0, 0.1) is 0 Å². The zero-order valence-electron chi connectivity index (χ0n) is 9.18. The van der Waals surface area contributed by atoms with Crippen molar-refractivity contribution in [3.05, 3.63) is 52.5 Å². The maximum atomic E-state index is 8.96. The molecule has 92 valence electrons. The lowest BCUT2D eigenvalue weighted by Gasteiger charge is -2.07. The van der Waals surface area contributed by atoms with Gasteiger partial charge in [-0.15, -0.1) is 0 Å². The van der Waals surface area contributed by atoms with Crippen molar-refractivity contribution in [2.45, 2.75) is 0 Å². The molecule has 18 heavy (non-hydrogen) atoms. The van der Waals surface area contributed by atoms with E-state index in [1.165, 1.54) is 0 Å². The van der Waals surface area contributed by atoms with Crippen LogP contribution in [0.2, 0.25) is 10.0 Å². The molecule has 0 radical (unpaired) electrons. The van der Waals surface area contributed by atoms with E-state index in [1.54, 1.807) is 42.5 Å². The largest absolute Gasteiger partial charge is 0.488 e. The SMILES string of the molecule is OB(O)c1ccc(Oc2cc(Cl)cc(Cl)c2)cc1. The van der Waals surface area contributed by atoms with Crippen LogP contribution in [-0.4, -0.2) is 17.2 Å². The summed E-state index contributed by atoms with van der Waals surface area (Å²) < 4.78 is 5.54. The second-order valence-electron chi connectivity index (χ2n) is 3.65. The molecule has 2 rings (SSSR count). The normalized spacial score (nSPS) is 10.2. The van der Waals surface area contributed by atoms with E-state index in [0.717, 1.165) is 0 Å². The molecule has 6 heteroatoms. The van der Waals surface area contributed by atoms with Gasteiger partial charge in [0.2, 0.25) is 0 Å². The maximum Gasteiger partial charge on any atom is 0.488 e. The van der Waals surface area contributed by atoms with Crippen molar-refractivity contribution in [3.63, 3.8) is 0 Å². The summed E-state index contributed by atoms with van der Waals surface area (Å²) in [6.07, 6.45) is 0. The Kier molecular flexibility index (Phi) is 4.14. The minimum atomic E-state index is -1.49. The van der Waals surface area contributed by atoms with E-state index in [4.69, 9.17) is 38.0 Å². The summed E-state index contributed by atoms with van der Waals surface area (Å²) in [4.78, 5) is 0. The van der Waals surface area contributed by atoms with Gasteiger partial charge < -0.3 is 14.8 Å². The molecule has 2 aromatic rings. The fourth-order valence-corrected chi connectivity index (χ4v) is 1.94. The van der Waals surface area contributed by atoms with E-state index < -0.39 is 7.12 Å². The van der Waals surface area contributed by atoms with Crippen LogP contribution in [0.5, 0.6) is 11.5 Å². The van der Waals surface area contributed by atoms with E-state index >= 15 is 0 Å². The molecule has 0 aliphatic carbocycles. The Bertz CT molecular complexity index is 523. The van der Waals surface area contributed by atoms with Gasteiger partial charge in [-0.3, -0.25) is 0 Å². The summed E-state index contributed by atoms with van der Waals surface area (Å²) in [6.45, 7) is 0. The van der Waals surface area contributed by atoms with Crippen LogP contribution in [0.4, 0.5) is 0 Å². The van der Waals surface area contributed by atoms with Crippen LogP contribution in [-0.2, 0) is 0 Å². The zero-order chi connectivity index (χ0) is 13.1. The van der Waals surface area contributed by atoms with Crippen LogP contribution < -0.4 is 10.2 Å². The average Bonchev–Trinajstić information content (AvgIpc) is 2.28. The summed E-state index contributed by atoms with van der Waals surface area (Å²) >= 11 is 11.7. The molecular formula is C12H9BCl2O3. The Morgan fingerprint density at radius 3 is 1.89 bits per heavy atom. The molecule has 0 aromatic heterocycles. The Morgan fingerprint density at radius 1 is 0.833 bits per heavy atom. The molecule has 3 nitrogen and oxygen atoms in total. The van der Waals surface area contributed by atoms with Crippen LogP contribution in [0.25, 0.3) is 0 Å². The van der Waals surface area contributed by atoms with Crippen molar-refractivity contribution in [2.75, 3.05) is 0 Å². The number of halogens is 2. The molecular weight excluding hydrogens is 274 g/mol. The molecule has 2 N–H and O–H groups in total. The number of hydrogen-bond donors (Lipinski definition) is 2. The maximum absolute atomic E-state index is 8.96. The molecule has 0 atom stereocenters. The minimum Gasteiger partial charge on any atom is -0.457 e. The molecule has 0 heterocycles. The van der Waals surface area contributed by atoms with Gasteiger partial charge in [0.15, 0.2) is 0 Å². The number of hydrogen-bond acceptors (Lipinski definition) is 3. The smallest absolute Gasteiger partial charge is 0.457 e. The summed E-state index contributed by atoms with van der Waals surface area (Å²) in [5.41, 5.74) is 0.395. The van der Waals surface area contributed by atoms with E-state index in [9.17, 15) is 0 Å². The van der Waals surface area contributed by atoms with Gasteiger partial charge in [-0.05, 0) is 35.8 Å². The fraction of sp³-hybridized carbons (Fsp3) is 0.